The van der Waals surface area contributed by atoms with Crippen LogP contribution in [0.25, 0.3) is 0 Å². The largest absolute Gasteiger partial charge is 0.395 e. The number of aromatic nitrogens is 3. The van der Waals surface area contributed by atoms with Crippen molar-refractivity contribution in [3.05, 3.63) is 5.82 Å². The van der Waals surface area contributed by atoms with Gasteiger partial charge in [-0.3, -0.25) is 0 Å². The fraction of sp³-hybridized carbons (Fsp3) is 0.867. The summed E-state index contributed by atoms with van der Waals surface area (Å²) in [4.78, 5) is 0. The van der Waals surface area contributed by atoms with Crippen molar-refractivity contribution >= 4 is 11.8 Å². The van der Waals surface area contributed by atoms with Gasteiger partial charge in [0.25, 0.3) is 0 Å². The molecule has 1 unspecified atom stereocenters. The molecule has 0 spiro atoms. The van der Waals surface area contributed by atoms with Crippen molar-refractivity contribution in [2.45, 2.75) is 74.1 Å². The summed E-state index contributed by atoms with van der Waals surface area (Å²) in [6.45, 7) is 0.236. The van der Waals surface area contributed by atoms with Gasteiger partial charge in [-0.2, -0.15) is 0 Å². The number of hydrogen-bond donors (Lipinski definition) is 2. The van der Waals surface area contributed by atoms with Crippen LogP contribution in [0.4, 0.5) is 0 Å². The lowest BCUT2D eigenvalue weighted by Crippen LogP contribution is -2.34. The van der Waals surface area contributed by atoms with Crippen LogP contribution in [0.5, 0.6) is 0 Å². The molecule has 4 rings (SSSR count). The van der Waals surface area contributed by atoms with Crippen LogP contribution in [0.3, 0.4) is 0 Å². The Hall–Kier alpha value is -0.590. The number of aliphatic hydroxyl groups is 1. The number of aliphatic hydroxyl groups excluding tert-OH is 1. The predicted octanol–water partition coefficient (Wildman–Crippen LogP) is 2.09. The number of rotatable bonds is 9. The Morgan fingerprint density at radius 2 is 2.00 bits per heavy atom. The molecule has 0 aliphatic heterocycles. The van der Waals surface area contributed by atoms with E-state index in [1.807, 2.05) is 11.8 Å². The molecule has 3 saturated carbocycles. The summed E-state index contributed by atoms with van der Waals surface area (Å²) in [5, 5.41) is 22.9. The van der Waals surface area contributed by atoms with E-state index >= 15 is 0 Å². The van der Waals surface area contributed by atoms with E-state index in [1.165, 1.54) is 44.3 Å². The molecule has 0 saturated heterocycles. The first-order chi connectivity index (χ1) is 10.3. The maximum Gasteiger partial charge on any atom is 0.191 e. The molecule has 1 heterocycles. The van der Waals surface area contributed by atoms with E-state index in [9.17, 15) is 5.11 Å². The second kappa shape index (κ2) is 5.89. The standard InChI is InChI=1S/C15H24N4OS/c20-9-12(16-11-3-4-11)7-8-21-15-18-17-14(10-1-2-10)19(15)13-5-6-13/h10-13,16,20H,1-9H2. The smallest absolute Gasteiger partial charge is 0.191 e. The van der Waals surface area contributed by atoms with Crippen LogP contribution >= 0.6 is 11.8 Å². The minimum Gasteiger partial charge on any atom is -0.395 e. The van der Waals surface area contributed by atoms with Crippen LogP contribution in [-0.2, 0) is 0 Å². The van der Waals surface area contributed by atoms with Gasteiger partial charge in [-0.25, -0.2) is 0 Å². The van der Waals surface area contributed by atoms with Gasteiger partial charge in [0.05, 0.1) is 6.61 Å². The third-order valence-corrected chi connectivity index (χ3v) is 5.49. The van der Waals surface area contributed by atoms with E-state index in [2.05, 4.69) is 20.1 Å². The number of thioether (sulfide) groups is 1. The van der Waals surface area contributed by atoms with Crippen LogP contribution in [0.1, 0.15) is 62.7 Å². The minimum absolute atomic E-state index is 0.236. The fourth-order valence-electron chi connectivity index (χ4n) is 2.79. The zero-order valence-corrected chi connectivity index (χ0v) is 13.2. The molecule has 1 atom stereocenters. The van der Waals surface area contributed by atoms with Crippen LogP contribution in [0.2, 0.25) is 0 Å². The van der Waals surface area contributed by atoms with Crippen molar-refractivity contribution in [2.24, 2.45) is 0 Å². The topological polar surface area (TPSA) is 63.0 Å². The Morgan fingerprint density at radius 1 is 1.19 bits per heavy atom. The van der Waals surface area contributed by atoms with E-state index in [1.54, 1.807) is 0 Å². The summed E-state index contributed by atoms with van der Waals surface area (Å²) < 4.78 is 2.41. The number of hydrogen-bond acceptors (Lipinski definition) is 5. The molecule has 0 radical (unpaired) electrons. The molecular weight excluding hydrogens is 284 g/mol. The van der Waals surface area contributed by atoms with Crippen LogP contribution in [0.15, 0.2) is 5.16 Å². The Labute approximate surface area is 129 Å². The van der Waals surface area contributed by atoms with Gasteiger partial charge in [0.2, 0.25) is 0 Å². The molecule has 1 aromatic rings. The van der Waals surface area contributed by atoms with Gasteiger partial charge >= 0.3 is 0 Å². The Kier molecular flexibility index (Phi) is 3.94. The SMILES string of the molecule is OCC(CCSc1nnc(C2CC2)n1C1CC1)NC1CC1. The number of nitrogens with zero attached hydrogens (tertiary/aromatic N) is 3. The highest BCUT2D eigenvalue weighted by molar-refractivity contribution is 7.99. The molecule has 6 heteroatoms. The summed E-state index contributed by atoms with van der Waals surface area (Å²) in [6.07, 6.45) is 8.67. The van der Waals surface area contributed by atoms with E-state index in [0.717, 1.165) is 17.3 Å². The molecule has 0 aromatic carbocycles. The van der Waals surface area contributed by atoms with E-state index in [0.29, 0.717) is 18.0 Å². The first kappa shape index (κ1) is 14.0. The van der Waals surface area contributed by atoms with Crippen molar-refractivity contribution < 1.29 is 5.11 Å². The van der Waals surface area contributed by atoms with Gasteiger partial charge in [0, 0.05) is 29.8 Å². The highest BCUT2D eigenvalue weighted by Crippen LogP contribution is 2.46. The second-order valence-corrected chi connectivity index (χ2v) is 7.74. The summed E-state index contributed by atoms with van der Waals surface area (Å²) in [7, 11) is 0. The summed E-state index contributed by atoms with van der Waals surface area (Å²) in [5.41, 5.74) is 0. The molecule has 5 nitrogen and oxygen atoms in total. The van der Waals surface area contributed by atoms with Crippen molar-refractivity contribution in [3.63, 3.8) is 0 Å². The molecule has 0 amide bonds. The molecule has 1 aromatic heterocycles. The van der Waals surface area contributed by atoms with Crippen LogP contribution in [-0.4, -0.2) is 44.3 Å². The number of nitrogens with one attached hydrogen (secondary N) is 1. The summed E-state index contributed by atoms with van der Waals surface area (Å²) >= 11 is 1.81. The van der Waals surface area contributed by atoms with Crippen LogP contribution in [0, 0.1) is 0 Å². The Bertz CT molecular complexity index is 494. The maximum atomic E-state index is 9.43. The molecule has 0 bridgehead atoms. The zero-order chi connectivity index (χ0) is 14.2. The van der Waals surface area contributed by atoms with E-state index in [4.69, 9.17) is 0 Å². The highest BCUT2D eigenvalue weighted by Gasteiger charge is 2.36. The lowest BCUT2D eigenvalue weighted by atomic mass is 10.2. The van der Waals surface area contributed by atoms with E-state index < -0.39 is 0 Å². The lowest BCUT2D eigenvalue weighted by Gasteiger charge is -2.15. The molecular formula is C15H24N4OS. The molecule has 2 N–H and O–H groups in total. The van der Waals surface area contributed by atoms with Crippen LogP contribution < -0.4 is 5.32 Å². The zero-order valence-electron chi connectivity index (χ0n) is 12.4. The van der Waals surface area contributed by atoms with Gasteiger partial charge in [0.1, 0.15) is 5.82 Å². The molecule has 21 heavy (non-hydrogen) atoms. The van der Waals surface area contributed by atoms with Gasteiger partial charge in [-0.1, -0.05) is 11.8 Å². The Morgan fingerprint density at radius 3 is 2.62 bits per heavy atom. The van der Waals surface area contributed by atoms with Crippen molar-refractivity contribution in [1.82, 2.24) is 20.1 Å². The maximum absolute atomic E-state index is 9.43. The quantitative estimate of drug-likeness (QED) is 0.684. The lowest BCUT2D eigenvalue weighted by molar-refractivity contribution is 0.238. The molecule has 3 aliphatic rings. The van der Waals surface area contributed by atoms with Crippen molar-refractivity contribution in [3.8, 4) is 0 Å². The van der Waals surface area contributed by atoms with Gasteiger partial charge in [-0.05, 0) is 44.9 Å². The molecule has 3 fully saturated rings. The third kappa shape index (κ3) is 3.43. The highest BCUT2D eigenvalue weighted by atomic mass is 32.2. The van der Waals surface area contributed by atoms with Gasteiger partial charge < -0.3 is 15.0 Å². The summed E-state index contributed by atoms with van der Waals surface area (Å²) in [5.74, 6) is 2.91. The third-order valence-electron chi connectivity index (χ3n) is 4.51. The molecule has 116 valence electrons. The van der Waals surface area contributed by atoms with Crippen molar-refractivity contribution in [2.75, 3.05) is 12.4 Å². The van der Waals surface area contributed by atoms with Gasteiger partial charge in [-0.15, -0.1) is 10.2 Å². The molecule has 3 aliphatic carbocycles. The Balaban J connectivity index is 1.33. The average molecular weight is 308 g/mol. The predicted molar refractivity (Wildman–Crippen MR) is 82.6 cm³/mol. The first-order valence-corrected chi connectivity index (χ1v) is 9.28. The normalized spacial score (nSPS) is 23.5. The first-order valence-electron chi connectivity index (χ1n) is 8.29. The van der Waals surface area contributed by atoms with Gasteiger partial charge in [0.15, 0.2) is 5.16 Å². The average Bonchev–Trinajstić information content (AvgIpc) is 3.34. The summed E-state index contributed by atoms with van der Waals surface area (Å²) in [6, 6.07) is 1.56. The second-order valence-electron chi connectivity index (χ2n) is 6.67. The van der Waals surface area contributed by atoms with Crippen molar-refractivity contribution in [1.29, 1.82) is 0 Å². The minimum atomic E-state index is 0.236. The monoisotopic (exact) mass is 308 g/mol. The van der Waals surface area contributed by atoms with E-state index in [-0.39, 0.29) is 12.6 Å². The fourth-order valence-corrected chi connectivity index (χ4v) is 3.85.